The Morgan fingerprint density at radius 3 is 2.00 bits per heavy atom. The van der Waals surface area contributed by atoms with Crippen LogP contribution in [0, 0.1) is 26.2 Å². The van der Waals surface area contributed by atoms with Crippen molar-refractivity contribution in [2.75, 3.05) is 0 Å². The number of rotatable bonds is 0. The van der Waals surface area contributed by atoms with Crippen LogP contribution in [-0.4, -0.2) is 0 Å². The predicted octanol–water partition coefficient (Wildman–Crippen LogP) is 7.84. The third-order valence-electron chi connectivity index (χ3n) is 4.04. The highest BCUT2D eigenvalue weighted by Crippen LogP contribution is 2.37. The number of terminal acetylenes is 1. The molecule has 2 aromatic carbocycles. The first-order valence-corrected chi connectivity index (χ1v) is 9.17. The molecule has 0 aliphatic heterocycles. The number of allylic oxidation sites excluding steroid dienone is 3. The zero-order valence-electron chi connectivity index (χ0n) is 17.3. The van der Waals surface area contributed by atoms with Crippen LogP contribution in [0.5, 0.6) is 0 Å². The monoisotopic (exact) mass is 334 g/mol. The molecule has 1 unspecified atom stereocenters. The van der Waals surface area contributed by atoms with E-state index in [2.05, 4.69) is 69.5 Å². The molecule has 0 bridgehead atoms. The van der Waals surface area contributed by atoms with E-state index in [0.717, 1.165) is 0 Å². The second kappa shape index (κ2) is 12.2. The number of benzene rings is 2. The van der Waals surface area contributed by atoms with E-state index in [1.807, 2.05) is 39.8 Å². The van der Waals surface area contributed by atoms with Crippen LogP contribution in [0.25, 0.3) is 16.8 Å². The van der Waals surface area contributed by atoms with Crippen LogP contribution >= 0.6 is 0 Å². The van der Waals surface area contributed by atoms with Gasteiger partial charge in [-0.05, 0) is 67.6 Å². The molecule has 0 nitrogen and oxygen atoms in total. The maximum atomic E-state index is 4.60. The molecule has 0 saturated heterocycles. The molecular formula is C25H34. The van der Waals surface area contributed by atoms with E-state index in [9.17, 15) is 0 Å². The van der Waals surface area contributed by atoms with Crippen molar-refractivity contribution in [3.05, 3.63) is 64.7 Å². The van der Waals surface area contributed by atoms with Crippen molar-refractivity contribution in [3.63, 3.8) is 0 Å². The minimum absolute atomic E-state index is 0.540. The zero-order chi connectivity index (χ0) is 19.4. The lowest BCUT2D eigenvalue weighted by Gasteiger charge is -2.21. The topological polar surface area (TPSA) is 0 Å². The second-order valence-corrected chi connectivity index (χ2v) is 5.79. The standard InChI is InChI=1S/C16H16.C4H8.C3H4.C2H6/c1-10-4-7-13-8-5-11(2)15-12(3)6-9-14(10)16(13)15;1-3-4-2;1-3-2;1-2/h4-9,11H,1-3H3;3-4H,1-2H3;1H,2H3;1-2H3. The van der Waals surface area contributed by atoms with E-state index in [4.69, 9.17) is 0 Å². The van der Waals surface area contributed by atoms with Crippen molar-refractivity contribution >= 4 is 16.8 Å². The van der Waals surface area contributed by atoms with Crippen LogP contribution in [0.15, 0.2) is 42.5 Å². The molecule has 0 saturated carbocycles. The Labute approximate surface area is 155 Å². The van der Waals surface area contributed by atoms with Gasteiger partial charge in [0, 0.05) is 5.92 Å². The van der Waals surface area contributed by atoms with Crippen molar-refractivity contribution in [1.82, 2.24) is 0 Å². The van der Waals surface area contributed by atoms with Crippen molar-refractivity contribution < 1.29 is 0 Å². The Morgan fingerprint density at radius 2 is 1.48 bits per heavy atom. The third kappa shape index (κ3) is 5.95. The molecule has 0 amide bonds. The summed E-state index contributed by atoms with van der Waals surface area (Å²) in [7, 11) is 0. The molecule has 0 heterocycles. The van der Waals surface area contributed by atoms with E-state index in [1.54, 1.807) is 6.92 Å². The summed E-state index contributed by atoms with van der Waals surface area (Å²) in [5.41, 5.74) is 5.68. The molecule has 25 heavy (non-hydrogen) atoms. The maximum absolute atomic E-state index is 4.60. The van der Waals surface area contributed by atoms with Gasteiger partial charge in [0.15, 0.2) is 0 Å². The van der Waals surface area contributed by atoms with Gasteiger partial charge in [-0.3, -0.25) is 0 Å². The van der Waals surface area contributed by atoms with Crippen LogP contribution in [0.1, 0.15) is 69.7 Å². The third-order valence-corrected chi connectivity index (χ3v) is 4.04. The van der Waals surface area contributed by atoms with Gasteiger partial charge in [-0.2, -0.15) is 0 Å². The molecule has 0 spiro atoms. The average molecular weight is 335 g/mol. The van der Waals surface area contributed by atoms with Gasteiger partial charge in [0.05, 0.1) is 0 Å². The average Bonchev–Trinajstić information content (AvgIpc) is 2.63. The van der Waals surface area contributed by atoms with Crippen molar-refractivity contribution in [3.8, 4) is 12.3 Å². The van der Waals surface area contributed by atoms with E-state index >= 15 is 0 Å². The number of aryl methyl sites for hydroxylation is 2. The first-order chi connectivity index (χ1) is 12.0. The van der Waals surface area contributed by atoms with Gasteiger partial charge in [-0.25, -0.2) is 0 Å². The lowest BCUT2D eigenvalue weighted by atomic mass is 9.83. The molecule has 1 atom stereocenters. The molecule has 0 N–H and O–H groups in total. The first-order valence-electron chi connectivity index (χ1n) is 9.17. The molecule has 134 valence electrons. The Hall–Kier alpha value is -2.26. The largest absolute Gasteiger partial charge is 0.120 e. The fraction of sp³-hybridized carbons (Fsp3) is 0.360. The lowest BCUT2D eigenvalue weighted by molar-refractivity contribution is 0.964. The summed E-state index contributed by atoms with van der Waals surface area (Å²) >= 11 is 0. The Balaban J connectivity index is 0.000000547. The zero-order valence-corrected chi connectivity index (χ0v) is 17.3. The Bertz CT molecular complexity index is 748. The summed E-state index contributed by atoms with van der Waals surface area (Å²) in [6.45, 7) is 16.3. The van der Waals surface area contributed by atoms with Crippen LogP contribution in [0.2, 0.25) is 0 Å². The SMILES string of the molecule is C#CC.CC.CC=CC.Cc1ccc2c(C)ccc3c2c1C(C)C=C3. The summed E-state index contributed by atoms with van der Waals surface area (Å²) in [4.78, 5) is 0. The molecule has 2 aromatic rings. The first kappa shape index (κ1) is 22.7. The lowest BCUT2D eigenvalue weighted by Crippen LogP contribution is -2.01. The molecule has 0 heteroatoms. The maximum Gasteiger partial charge on any atom is 0.000190 e. The minimum atomic E-state index is 0.540. The van der Waals surface area contributed by atoms with Gasteiger partial charge < -0.3 is 0 Å². The minimum Gasteiger partial charge on any atom is -0.120 e. The van der Waals surface area contributed by atoms with Crippen molar-refractivity contribution in [1.29, 1.82) is 0 Å². The van der Waals surface area contributed by atoms with Gasteiger partial charge >= 0.3 is 0 Å². The highest BCUT2D eigenvalue weighted by atomic mass is 14.2. The molecule has 3 rings (SSSR count). The summed E-state index contributed by atoms with van der Waals surface area (Å²) in [5.74, 6) is 2.79. The highest BCUT2D eigenvalue weighted by molar-refractivity contribution is 5.98. The van der Waals surface area contributed by atoms with Crippen LogP contribution in [-0.2, 0) is 0 Å². The number of hydrogen-bond donors (Lipinski definition) is 0. The molecular weight excluding hydrogens is 300 g/mol. The number of hydrogen-bond acceptors (Lipinski definition) is 0. The summed E-state index contributed by atoms with van der Waals surface area (Å²) < 4.78 is 0. The van der Waals surface area contributed by atoms with E-state index < -0.39 is 0 Å². The van der Waals surface area contributed by atoms with Gasteiger partial charge in [0.25, 0.3) is 0 Å². The van der Waals surface area contributed by atoms with Crippen LogP contribution in [0.4, 0.5) is 0 Å². The van der Waals surface area contributed by atoms with Crippen molar-refractivity contribution in [2.24, 2.45) is 0 Å². The fourth-order valence-corrected chi connectivity index (χ4v) is 2.82. The predicted molar refractivity (Wildman–Crippen MR) is 117 cm³/mol. The Morgan fingerprint density at radius 1 is 0.960 bits per heavy atom. The second-order valence-electron chi connectivity index (χ2n) is 5.79. The Kier molecular flexibility index (Phi) is 11.1. The van der Waals surface area contributed by atoms with E-state index in [-0.39, 0.29) is 0 Å². The van der Waals surface area contributed by atoms with Crippen LogP contribution in [0.3, 0.4) is 0 Å². The normalized spacial score (nSPS) is 13.6. The van der Waals surface area contributed by atoms with Gasteiger partial charge in [0.1, 0.15) is 0 Å². The summed E-state index contributed by atoms with van der Waals surface area (Å²) in [5, 5.41) is 2.88. The fourth-order valence-electron chi connectivity index (χ4n) is 2.82. The van der Waals surface area contributed by atoms with Gasteiger partial charge in [-0.1, -0.05) is 69.3 Å². The summed E-state index contributed by atoms with van der Waals surface area (Å²) in [6, 6.07) is 8.98. The quantitative estimate of drug-likeness (QED) is 0.340. The molecule has 0 fully saturated rings. The van der Waals surface area contributed by atoms with Gasteiger partial charge in [-0.15, -0.1) is 12.3 Å². The van der Waals surface area contributed by atoms with Crippen LogP contribution < -0.4 is 0 Å². The van der Waals surface area contributed by atoms with E-state index in [1.165, 1.54) is 33.0 Å². The van der Waals surface area contributed by atoms with Gasteiger partial charge in [0.2, 0.25) is 0 Å². The summed E-state index contributed by atoms with van der Waals surface area (Å²) in [6.07, 6.45) is 13.2. The van der Waals surface area contributed by atoms with Crippen molar-refractivity contribution in [2.45, 2.75) is 61.3 Å². The molecule has 0 radical (unpaired) electrons. The van der Waals surface area contributed by atoms with E-state index in [0.29, 0.717) is 5.92 Å². The molecule has 1 aliphatic carbocycles. The molecule has 1 aliphatic rings. The molecule has 0 aromatic heterocycles. The smallest absolute Gasteiger partial charge is 0.000190 e. The highest BCUT2D eigenvalue weighted by Gasteiger charge is 2.16.